The number of rotatable bonds is 6. The number of nitrogens with zero attached hydrogens (tertiary/aromatic N) is 4. The molecule has 0 radical (unpaired) electrons. The van der Waals surface area contributed by atoms with Crippen molar-refractivity contribution in [1.82, 2.24) is 19.9 Å². The van der Waals surface area contributed by atoms with Crippen LogP contribution in [0.25, 0.3) is 11.0 Å². The zero-order chi connectivity index (χ0) is 27.8. The van der Waals surface area contributed by atoms with Crippen LogP contribution in [0.1, 0.15) is 78.5 Å². The summed E-state index contributed by atoms with van der Waals surface area (Å²) in [5.74, 6) is 0.674. The summed E-state index contributed by atoms with van der Waals surface area (Å²) < 4.78 is 13.5. The molecule has 1 aromatic heterocycles. The van der Waals surface area contributed by atoms with E-state index in [1.54, 1.807) is 4.68 Å². The average Bonchev–Trinajstić information content (AvgIpc) is 3.24. The van der Waals surface area contributed by atoms with Crippen LogP contribution in [0, 0.1) is 6.92 Å². The lowest BCUT2D eigenvalue weighted by molar-refractivity contribution is -0.143. The van der Waals surface area contributed by atoms with E-state index in [-0.39, 0.29) is 24.4 Å². The van der Waals surface area contributed by atoms with Crippen LogP contribution in [-0.2, 0) is 29.5 Å². The van der Waals surface area contributed by atoms with Crippen LogP contribution in [0.2, 0.25) is 0 Å². The van der Waals surface area contributed by atoms with Crippen molar-refractivity contribution in [3.05, 3.63) is 88.0 Å². The van der Waals surface area contributed by atoms with Crippen molar-refractivity contribution in [1.29, 1.82) is 0 Å². The monoisotopic (exact) mass is 538 g/mol. The first-order chi connectivity index (χ1) is 19.4. The van der Waals surface area contributed by atoms with E-state index in [2.05, 4.69) is 77.6 Å². The van der Waals surface area contributed by atoms with E-state index >= 15 is 0 Å². The van der Waals surface area contributed by atoms with Gasteiger partial charge in [-0.3, -0.25) is 9.69 Å². The minimum atomic E-state index is -0.185. The Morgan fingerprint density at radius 3 is 2.85 bits per heavy atom. The highest BCUT2D eigenvalue weighted by Gasteiger charge is 2.32. The van der Waals surface area contributed by atoms with Gasteiger partial charge in [0, 0.05) is 37.7 Å². The Hall–Kier alpha value is -3.71. The molecule has 0 saturated carbocycles. The summed E-state index contributed by atoms with van der Waals surface area (Å²) in [7, 11) is 1.90. The first-order valence-electron chi connectivity index (χ1n) is 14.5. The number of aromatic nitrogens is 3. The minimum Gasteiger partial charge on any atom is -0.489 e. The smallest absolute Gasteiger partial charge is 0.306 e. The van der Waals surface area contributed by atoms with Crippen molar-refractivity contribution < 1.29 is 14.3 Å². The molecule has 0 amide bonds. The lowest BCUT2D eigenvalue weighted by Gasteiger charge is -2.36. The summed E-state index contributed by atoms with van der Waals surface area (Å²) in [6, 6.07) is 19.8. The third-order valence-electron chi connectivity index (χ3n) is 8.59. The first kappa shape index (κ1) is 26.5. The van der Waals surface area contributed by atoms with E-state index in [9.17, 15) is 4.79 Å². The van der Waals surface area contributed by atoms with E-state index in [0.717, 1.165) is 59.4 Å². The van der Waals surface area contributed by atoms with E-state index in [1.165, 1.54) is 23.1 Å². The number of para-hydroxylation sites is 1. The molecule has 2 aliphatic rings. The third-order valence-corrected chi connectivity index (χ3v) is 8.59. The summed E-state index contributed by atoms with van der Waals surface area (Å²) in [6.07, 6.45) is 3.74. The zero-order valence-corrected chi connectivity index (χ0v) is 23.9. The number of carbonyl (C=O) groups is 1. The van der Waals surface area contributed by atoms with Crippen LogP contribution in [0.5, 0.6) is 5.75 Å². The molecule has 4 aromatic rings. The van der Waals surface area contributed by atoms with E-state index in [4.69, 9.17) is 9.47 Å². The molecule has 0 bridgehead atoms. The Morgan fingerprint density at radius 2 is 2.00 bits per heavy atom. The molecule has 0 saturated heterocycles. The second kappa shape index (κ2) is 11.0. The number of esters is 1. The van der Waals surface area contributed by atoms with Gasteiger partial charge in [0.15, 0.2) is 0 Å². The molecule has 3 aromatic carbocycles. The molecule has 3 atom stereocenters. The van der Waals surface area contributed by atoms with Crippen molar-refractivity contribution in [2.45, 2.75) is 71.1 Å². The van der Waals surface area contributed by atoms with Crippen LogP contribution < -0.4 is 4.74 Å². The molecule has 0 spiro atoms. The number of aryl methyl sites for hydroxylation is 3. The normalized spacial score (nSPS) is 19.8. The Bertz CT molecular complexity index is 1540. The van der Waals surface area contributed by atoms with Gasteiger partial charge in [0.1, 0.15) is 17.4 Å². The summed E-state index contributed by atoms with van der Waals surface area (Å²) in [5, 5.41) is 8.65. The van der Waals surface area contributed by atoms with Crippen LogP contribution >= 0.6 is 0 Å². The van der Waals surface area contributed by atoms with Gasteiger partial charge in [-0.05, 0) is 80.0 Å². The number of hydrogen-bond donors (Lipinski definition) is 0. The summed E-state index contributed by atoms with van der Waals surface area (Å²) >= 11 is 0. The predicted molar refractivity (Wildman–Crippen MR) is 155 cm³/mol. The van der Waals surface area contributed by atoms with Gasteiger partial charge in [-0.1, -0.05) is 47.7 Å². The molecule has 0 N–H and O–H groups in total. The maximum atomic E-state index is 12.9. The van der Waals surface area contributed by atoms with Crippen molar-refractivity contribution in [3.63, 3.8) is 0 Å². The number of hydrogen-bond acceptors (Lipinski definition) is 6. The maximum Gasteiger partial charge on any atom is 0.306 e. The fourth-order valence-corrected chi connectivity index (χ4v) is 6.66. The van der Waals surface area contributed by atoms with Gasteiger partial charge in [0.2, 0.25) is 0 Å². The van der Waals surface area contributed by atoms with Gasteiger partial charge in [0.25, 0.3) is 0 Å². The van der Waals surface area contributed by atoms with Crippen LogP contribution in [0.4, 0.5) is 0 Å². The molecule has 1 aliphatic carbocycles. The Balaban J connectivity index is 1.41. The Labute approximate surface area is 236 Å². The lowest BCUT2D eigenvalue weighted by atomic mass is 9.80. The molecule has 40 heavy (non-hydrogen) atoms. The molecule has 1 aliphatic heterocycles. The zero-order valence-electron chi connectivity index (χ0n) is 23.9. The van der Waals surface area contributed by atoms with E-state index in [0.29, 0.717) is 12.6 Å². The van der Waals surface area contributed by atoms with Crippen molar-refractivity contribution in [2.24, 2.45) is 7.05 Å². The van der Waals surface area contributed by atoms with E-state index in [1.807, 2.05) is 20.0 Å². The third kappa shape index (κ3) is 4.99. The van der Waals surface area contributed by atoms with Crippen molar-refractivity contribution in [3.8, 4) is 5.75 Å². The van der Waals surface area contributed by atoms with Gasteiger partial charge in [-0.25, -0.2) is 4.68 Å². The molecule has 208 valence electrons. The Morgan fingerprint density at radius 1 is 1.15 bits per heavy atom. The van der Waals surface area contributed by atoms with Gasteiger partial charge in [0.05, 0.1) is 18.5 Å². The van der Waals surface area contributed by atoms with Gasteiger partial charge < -0.3 is 9.47 Å². The summed E-state index contributed by atoms with van der Waals surface area (Å²) in [4.78, 5) is 15.5. The Kier molecular flexibility index (Phi) is 7.32. The first-order valence-corrected chi connectivity index (χ1v) is 14.5. The molecule has 2 unspecified atom stereocenters. The fraction of sp³-hybridized carbons (Fsp3) is 0.424. The van der Waals surface area contributed by atoms with Gasteiger partial charge in [-0.2, -0.15) is 0 Å². The van der Waals surface area contributed by atoms with Gasteiger partial charge in [-0.15, -0.1) is 5.10 Å². The lowest BCUT2D eigenvalue weighted by Crippen LogP contribution is -2.36. The number of ether oxygens (including phenoxy) is 2. The van der Waals surface area contributed by atoms with E-state index < -0.39 is 0 Å². The molecular weight excluding hydrogens is 500 g/mol. The maximum absolute atomic E-state index is 12.9. The average molecular weight is 539 g/mol. The molecule has 2 heterocycles. The number of carbonyl (C=O) groups excluding carboxylic acids is 1. The minimum absolute atomic E-state index is 0.107. The predicted octanol–water partition coefficient (Wildman–Crippen LogP) is 6.02. The SMILES string of the molecule is CCOC(=O)CC(c1ccc2c(c1)C(N1Cc3ccccc3O[C@H](C)C1)CCC2)c1ccc2c(nnn2C)c1C. The molecule has 7 heteroatoms. The second-order valence-corrected chi connectivity index (χ2v) is 11.3. The molecular formula is C33H38N4O3. The van der Waals surface area contributed by atoms with Crippen LogP contribution in [0.15, 0.2) is 54.6 Å². The standard InChI is InChI=1S/C33H38N4O3/c1-5-39-32(38)18-27(26-15-16-30-33(22(26)3)34-35-36(30)4)24-14-13-23-10-8-11-29(28(23)17-24)37-19-21(2)40-31-12-7-6-9-25(31)20-37/h6-7,9,12-17,21,27,29H,5,8,10-11,18-20H2,1-4H3/t21-,27?,29?/m1/s1. The van der Waals surface area contributed by atoms with Crippen LogP contribution in [0.3, 0.4) is 0 Å². The number of fused-ring (bicyclic) bond motifs is 3. The summed E-state index contributed by atoms with van der Waals surface area (Å²) in [5.41, 5.74) is 9.18. The highest BCUT2D eigenvalue weighted by Crippen LogP contribution is 2.41. The quantitative estimate of drug-likeness (QED) is 0.280. The largest absolute Gasteiger partial charge is 0.489 e. The highest BCUT2D eigenvalue weighted by atomic mass is 16.5. The van der Waals surface area contributed by atoms with Gasteiger partial charge >= 0.3 is 5.97 Å². The molecule has 0 fully saturated rings. The van der Waals surface area contributed by atoms with Crippen LogP contribution in [-0.4, -0.2) is 45.1 Å². The molecule has 7 nitrogen and oxygen atoms in total. The highest BCUT2D eigenvalue weighted by molar-refractivity contribution is 5.80. The summed E-state index contributed by atoms with van der Waals surface area (Å²) in [6.45, 7) is 8.22. The van der Waals surface area contributed by atoms with Crippen molar-refractivity contribution in [2.75, 3.05) is 13.2 Å². The number of benzene rings is 3. The second-order valence-electron chi connectivity index (χ2n) is 11.3. The molecule has 6 rings (SSSR count). The topological polar surface area (TPSA) is 69.5 Å². The fourth-order valence-electron chi connectivity index (χ4n) is 6.66. The van der Waals surface area contributed by atoms with Crippen molar-refractivity contribution >= 4 is 17.0 Å².